The van der Waals surface area contributed by atoms with Crippen LogP contribution in [-0.2, 0) is 5.41 Å². The van der Waals surface area contributed by atoms with Crippen molar-refractivity contribution < 1.29 is 18.3 Å². The molecule has 8 heteroatoms. The minimum atomic E-state index is -0.579. The predicted molar refractivity (Wildman–Crippen MR) is 109 cm³/mol. The summed E-state index contributed by atoms with van der Waals surface area (Å²) in [6.45, 7) is 3.79. The van der Waals surface area contributed by atoms with Crippen LogP contribution in [0, 0.1) is 12.7 Å². The van der Waals surface area contributed by atoms with E-state index in [-0.39, 0.29) is 11.3 Å². The number of furan rings is 1. The van der Waals surface area contributed by atoms with Crippen molar-refractivity contribution in [2.24, 2.45) is 5.73 Å². The van der Waals surface area contributed by atoms with Crippen molar-refractivity contribution in [3.8, 4) is 5.75 Å². The second-order valence-corrected chi connectivity index (χ2v) is 8.59. The number of benzene rings is 1. The van der Waals surface area contributed by atoms with Crippen LogP contribution in [0.3, 0.4) is 0 Å². The van der Waals surface area contributed by atoms with Crippen molar-refractivity contribution in [2.75, 3.05) is 12.4 Å². The fourth-order valence-electron chi connectivity index (χ4n) is 4.04. The van der Waals surface area contributed by atoms with E-state index in [0.29, 0.717) is 34.1 Å². The average molecular weight is 410 g/mol. The third-order valence-corrected chi connectivity index (χ3v) is 6.28. The molecule has 0 aliphatic heterocycles. The van der Waals surface area contributed by atoms with Gasteiger partial charge in [0.1, 0.15) is 17.4 Å². The first-order valence-electron chi connectivity index (χ1n) is 10.00. The second-order valence-electron chi connectivity index (χ2n) is 8.59. The lowest BCUT2D eigenvalue weighted by atomic mass is 9.94. The van der Waals surface area contributed by atoms with E-state index in [2.05, 4.69) is 17.2 Å². The molecule has 3 aromatic rings. The highest BCUT2D eigenvalue weighted by Gasteiger charge is 2.50. The number of carbonyl (C=O) groups excluding carboxylic acids is 1. The van der Waals surface area contributed by atoms with E-state index >= 15 is 0 Å². The SMILES string of the molecule is COc1ccc(C2(c3nc(NC4(C)CC4)c4c(C(N)=O)c(C)oc4n3)CC2)cc1F. The Morgan fingerprint density at radius 1 is 1.27 bits per heavy atom. The summed E-state index contributed by atoms with van der Waals surface area (Å²) in [4.78, 5) is 21.5. The van der Waals surface area contributed by atoms with Crippen molar-refractivity contribution in [3.05, 3.63) is 46.7 Å². The maximum atomic E-state index is 14.4. The number of halogens is 1. The van der Waals surface area contributed by atoms with Crippen LogP contribution in [0.2, 0.25) is 0 Å². The van der Waals surface area contributed by atoms with Gasteiger partial charge < -0.3 is 20.2 Å². The number of nitrogens with two attached hydrogens (primary N) is 1. The number of hydrogen-bond donors (Lipinski definition) is 2. The lowest BCUT2D eigenvalue weighted by molar-refractivity contribution is 0.1000. The number of amides is 1. The summed E-state index contributed by atoms with van der Waals surface area (Å²) in [6, 6.07) is 4.95. The van der Waals surface area contributed by atoms with Gasteiger partial charge in [-0.05, 0) is 57.2 Å². The molecular formula is C22H23FN4O3. The smallest absolute Gasteiger partial charge is 0.253 e. The van der Waals surface area contributed by atoms with Crippen molar-refractivity contribution in [3.63, 3.8) is 0 Å². The Labute approximate surface area is 172 Å². The fraction of sp³-hybridized carbons (Fsp3) is 0.409. The largest absolute Gasteiger partial charge is 0.494 e. The van der Waals surface area contributed by atoms with E-state index in [1.807, 2.05) is 6.07 Å². The molecule has 2 fully saturated rings. The van der Waals surface area contributed by atoms with Gasteiger partial charge in [-0.2, -0.15) is 4.98 Å². The Hall–Kier alpha value is -3.16. The number of ether oxygens (including phenoxy) is 1. The van der Waals surface area contributed by atoms with E-state index in [1.54, 1.807) is 13.0 Å². The van der Waals surface area contributed by atoms with E-state index in [1.165, 1.54) is 13.2 Å². The third-order valence-electron chi connectivity index (χ3n) is 6.28. The highest BCUT2D eigenvalue weighted by molar-refractivity contribution is 6.09. The van der Waals surface area contributed by atoms with Gasteiger partial charge in [-0.15, -0.1) is 0 Å². The Bertz CT molecular complexity index is 1190. The maximum Gasteiger partial charge on any atom is 0.253 e. The standard InChI is InChI=1S/C22H23FN4O3/c1-11-15(17(24)28)16-18(27-21(2)6-7-21)25-20(26-19(16)30-11)22(8-9-22)12-4-5-14(29-3)13(23)10-12/h4-5,10H,6-9H2,1-3H3,(H2,24,28)(H,25,26,27). The van der Waals surface area contributed by atoms with Crippen LogP contribution in [0.1, 0.15) is 60.1 Å². The monoisotopic (exact) mass is 410 g/mol. The van der Waals surface area contributed by atoms with Gasteiger partial charge in [0.05, 0.1) is 23.5 Å². The third kappa shape index (κ3) is 2.81. The summed E-state index contributed by atoms with van der Waals surface area (Å²) in [5.41, 5.74) is 6.44. The summed E-state index contributed by atoms with van der Waals surface area (Å²) in [5.74, 6) is 0.703. The minimum absolute atomic E-state index is 0.0818. The average Bonchev–Trinajstić information content (AvgIpc) is 3.60. The minimum Gasteiger partial charge on any atom is -0.494 e. The van der Waals surface area contributed by atoms with Gasteiger partial charge in [-0.3, -0.25) is 4.79 Å². The molecule has 1 amide bonds. The number of nitrogens with zero attached hydrogens (tertiary/aromatic N) is 2. The fourth-order valence-corrected chi connectivity index (χ4v) is 4.04. The molecule has 0 spiro atoms. The van der Waals surface area contributed by atoms with E-state index in [0.717, 1.165) is 31.2 Å². The highest BCUT2D eigenvalue weighted by atomic mass is 19.1. The molecule has 0 bridgehead atoms. The first kappa shape index (κ1) is 18.8. The Kier molecular flexibility index (Phi) is 3.87. The first-order valence-corrected chi connectivity index (χ1v) is 10.00. The lowest BCUT2D eigenvalue weighted by Crippen LogP contribution is -2.21. The number of carbonyl (C=O) groups is 1. The predicted octanol–water partition coefficient (Wildman–Crippen LogP) is 3.82. The zero-order chi connectivity index (χ0) is 21.3. The van der Waals surface area contributed by atoms with Crippen molar-refractivity contribution in [1.82, 2.24) is 9.97 Å². The summed E-state index contributed by atoms with van der Waals surface area (Å²) in [7, 11) is 1.44. The molecule has 0 saturated heterocycles. The molecule has 5 rings (SSSR count). The van der Waals surface area contributed by atoms with Crippen molar-refractivity contribution in [2.45, 2.75) is 50.5 Å². The number of aryl methyl sites for hydroxylation is 1. The van der Waals surface area contributed by atoms with Gasteiger partial charge >= 0.3 is 0 Å². The normalized spacial score (nSPS) is 18.3. The van der Waals surface area contributed by atoms with Crippen LogP contribution in [0.25, 0.3) is 11.1 Å². The summed E-state index contributed by atoms with van der Waals surface area (Å²) >= 11 is 0. The van der Waals surface area contributed by atoms with Gasteiger partial charge in [-0.1, -0.05) is 6.07 Å². The zero-order valence-electron chi connectivity index (χ0n) is 17.1. The number of methoxy groups -OCH3 is 1. The van der Waals surface area contributed by atoms with Crippen LogP contribution >= 0.6 is 0 Å². The molecule has 1 aromatic carbocycles. The molecule has 156 valence electrons. The number of aromatic nitrogens is 2. The Morgan fingerprint density at radius 2 is 2.00 bits per heavy atom. The molecule has 0 radical (unpaired) electrons. The first-order chi connectivity index (χ1) is 14.3. The Balaban J connectivity index is 1.68. The van der Waals surface area contributed by atoms with Gasteiger partial charge in [-0.25, -0.2) is 9.37 Å². The number of anilines is 1. The maximum absolute atomic E-state index is 14.4. The van der Waals surface area contributed by atoms with Crippen LogP contribution in [0.15, 0.2) is 22.6 Å². The Morgan fingerprint density at radius 3 is 2.57 bits per heavy atom. The van der Waals surface area contributed by atoms with Gasteiger partial charge in [0.15, 0.2) is 11.6 Å². The number of primary amides is 1. The number of nitrogens with one attached hydrogen (secondary N) is 1. The molecule has 2 aromatic heterocycles. The van der Waals surface area contributed by atoms with E-state index < -0.39 is 17.1 Å². The van der Waals surface area contributed by atoms with E-state index in [9.17, 15) is 9.18 Å². The topological polar surface area (TPSA) is 103 Å². The highest BCUT2D eigenvalue weighted by Crippen LogP contribution is 2.53. The molecular weight excluding hydrogens is 387 g/mol. The van der Waals surface area contributed by atoms with Crippen molar-refractivity contribution >= 4 is 22.8 Å². The summed E-state index contributed by atoms with van der Waals surface area (Å²) < 4.78 is 25.2. The van der Waals surface area contributed by atoms with Crippen molar-refractivity contribution in [1.29, 1.82) is 0 Å². The molecule has 2 aliphatic rings. The van der Waals surface area contributed by atoms with E-state index in [4.69, 9.17) is 19.9 Å². The molecule has 2 heterocycles. The van der Waals surface area contributed by atoms with Crippen LogP contribution in [0.4, 0.5) is 10.2 Å². The summed E-state index contributed by atoms with van der Waals surface area (Å²) in [5, 5.41) is 3.96. The zero-order valence-corrected chi connectivity index (χ0v) is 17.1. The summed E-state index contributed by atoms with van der Waals surface area (Å²) in [6.07, 6.45) is 3.60. The molecule has 3 N–H and O–H groups in total. The molecule has 30 heavy (non-hydrogen) atoms. The van der Waals surface area contributed by atoms with Crippen LogP contribution in [0.5, 0.6) is 5.75 Å². The molecule has 0 atom stereocenters. The van der Waals surface area contributed by atoms with Gasteiger partial charge in [0, 0.05) is 5.54 Å². The molecule has 2 aliphatic carbocycles. The van der Waals surface area contributed by atoms with Crippen LogP contribution < -0.4 is 15.8 Å². The molecule has 2 saturated carbocycles. The number of fused-ring (bicyclic) bond motifs is 1. The number of hydrogen-bond acceptors (Lipinski definition) is 6. The molecule has 0 unspecified atom stereocenters. The lowest BCUT2D eigenvalue weighted by Gasteiger charge is -2.19. The molecule has 7 nitrogen and oxygen atoms in total. The quantitative estimate of drug-likeness (QED) is 0.640. The second kappa shape index (κ2) is 6.17. The number of rotatable bonds is 6. The van der Waals surface area contributed by atoms with Gasteiger partial charge in [0.2, 0.25) is 5.71 Å². The van der Waals surface area contributed by atoms with Crippen LogP contribution in [-0.4, -0.2) is 28.5 Å². The van der Waals surface area contributed by atoms with Gasteiger partial charge in [0.25, 0.3) is 5.91 Å².